The van der Waals surface area contributed by atoms with Crippen molar-refractivity contribution in [3.05, 3.63) is 53.6 Å². The fourth-order valence-electron chi connectivity index (χ4n) is 3.33. The molecule has 1 fully saturated rings. The highest BCUT2D eigenvalue weighted by molar-refractivity contribution is 7.89. The lowest BCUT2D eigenvalue weighted by molar-refractivity contribution is -0.139. The van der Waals surface area contributed by atoms with E-state index in [9.17, 15) is 21.6 Å². The van der Waals surface area contributed by atoms with Crippen LogP contribution in [0.15, 0.2) is 47.4 Å². The second-order valence-electron chi connectivity index (χ2n) is 6.43. The number of methoxy groups -OCH3 is 1. The maximum absolute atomic E-state index is 13.3. The lowest BCUT2D eigenvalue weighted by atomic mass is 9.98. The van der Waals surface area contributed by atoms with Crippen LogP contribution in [0.25, 0.3) is 0 Å². The Morgan fingerprint density at radius 1 is 1.15 bits per heavy atom. The quantitative estimate of drug-likeness (QED) is 0.854. The van der Waals surface area contributed by atoms with E-state index in [0.717, 1.165) is 29.9 Å². The Kier molecular flexibility index (Phi) is 5.09. The van der Waals surface area contributed by atoms with Crippen LogP contribution < -0.4 is 14.8 Å². The van der Waals surface area contributed by atoms with Crippen LogP contribution in [0, 0.1) is 0 Å². The molecule has 27 heavy (non-hydrogen) atoms. The van der Waals surface area contributed by atoms with Gasteiger partial charge >= 0.3 is 6.18 Å². The SMILES string of the molecule is COc1ccc(C2CCN(c3ccc(S(N)(=O)=O)c(C(F)(F)F)c3)C2)cc1. The minimum absolute atomic E-state index is 0.170. The molecule has 1 aliphatic heterocycles. The highest BCUT2D eigenvalue weighted by atomic mass is 32.2. The first-order valence-corrected chi connectivity index (χ1v) is 9.77. The second-order valence-corrected chi connectivity index (χ2v) is 7.96. The summed E-state index contributed by atoms with van der Waals surface area (Å²) in [7, 11) is -2.89. The van der Waals surface area contributed by atoms with Crippen molar-refractivity contribution in [1.82, 2.24) is 0 Å². The first kappa shape index (κ1) is 19.5. The number of anilines is 1. The first-order chi connectivity index (χ1) is 12.6. The van der Waals surface area contributed by atoms with Gasteiger partial charge in [0.1, 0.15) is 5.75 Å². The van der Waals surface area contributed by atoms with E-state index in [2.05, 4.69) is 0 Å². The predicted molar refractivity (Wildman–Crippen MR) is 95.4 cm³/mol. The van der Waals surface area contributed by atoms with Crippen LogP contribution in [-0.4, -0.2) is 28.6 Å². The van der Waals surface area contributed by atoms with Gasteiger partial charge in [0.15, 0.2) is 0 Å². The summed E-state index contributed by atoms with van der Waals surface area (Å²) in [5.41, 5.74) is 0.164. The van der Waals surface area contributed by atoms with Gasteiger partial charge in [0.05, 0.1) is 17.6 Å². The summed E-state index contributed by atoms with van der Waals surface area (Å²) in [6.07, 6.45) is -4.03. The molecular weight excluding hydrogens is 381 g/mol. The van der Waals surface area contributed by atoms with Crippen molar-refractivity contribution in [1.29, 1.82) is 0 Å². The van der Waals surface area contributed by atoms with Crippen LogP contribution >= 0.6 is 0 Å². The van der Waals surface area contributed by atoms with Crippen LogP contribution in [-0.2, 0) is 16.2 Å². The number of sulfonamides is 1. The molecule has 1 saturated heterocycles. The molecule has 1 aliphatic rings. The molecule has 0 spiro atoms. The van der Waals surface area contributed by atoms with Crippen molar-refractivity contribution in [2.45, 2.75) is 23.4 Å². The van der Waals surface area contributed by atoms with E-state index in [1.54, 1.807) is 7.11 Å². The predicted octanol–water partition coefficient (Wildman–Crippen LogP) is 3.36. The zero-order chi connectivity index (χ0) is 19.8. The Morgan fingerprint density at radius 3 is 2.37 bits per heavy atom. The summed E-state index contributed by atoms with van der Waals surface area (Å²) in [5.74, 6) is 0.908. The van der Waals surface area contributed by atoms with Gasteiger partial charge in [-0.25, -0.2) is 13.6 Å². The molecule has 2 N–H and O–H groups in total. The van der Waals surface area contributed by atoms with Crippen LogP contribution in [0.3, 0.4) is 0 Å². The van der Waals surface area contributed by atoms with Crippen molar-refractivity contribution in [3.63, 3.8) is 0 Å². The van der Waals surface area contributed by atoms with Crippen LogP contribution in [0.5, 0.6) is 5.75 Å². The average Bonchev–Trinajstić information content (AvgIpc) is 3.10. The minimum atomic E-state index is -4.81. The van der Waals surface area contributed by atoms with Gasteiger partial charge in [0, 0.05) is 24.7 Å². The molecule has 1 atom stereocenters. The molecule has 146 valence electrons. The molecule has 0 amide bonds. The summed E-state index contributed by atoms with van der Waals surface area (Å²) in [6, 6.07) is 10.7. The third-order valence-electron chi connectivity index (χ3n) is 4.72. The zero-order valence-corrected chi connectivity index (χ0v) is 15.3. The van der Waals surface area contributed by atoms with E-state index in [1.807, 2.05) is 29.2 Å². The summed E-state index contributed by atoms with van der Waals surface area (Å²) in [5, 5.41) is 4.93. The average molecular weight is 400 g/mol. The smallest absolute Gasteiger partial charge is 0.417 e. The molecule has 2 aromatic carbocycles. The number of hydrogen-bond acceptors (Lipinski definition) is 4. The fourth-order valence-corrected chi connectivity index (χ4v) is 4.07. The number of ether oxygens (including phenoxy) is 1. The molecule has 0 aliphatic carbocycles. The molecule has 0 radical (unpaired) electrons. The highest BCUT2D eigenvalue weighted by Gasteiger charge is 2.37. The van der Waals surface area contributed by atoms with Crippen molar-refractivity contribution in [2.24, 2.45) is 5.14 Å². The lowest BCUT2D eigenvalue weighted by Crippen LogP contribution is -2.22. The van der Waals surface area contributed by atoms with Crippen LogP contribution in [0.2, 0.25) is 0 Å². The fraction of sp³-hybridized carbons (Fsp3) is 0.333. The van der Waals surface area contributed by atoms with Gasteiger partial charge in [-0.15, -0.1) is 0 Å². The Balaban J connectivity index is 1.87. The maximum atomic E-state index is 13.3. The van der Waals surface area contributed by atoms with Crippen molar-refractivity contribution < 1.29 is 26.3 Å². The van der Waals surface area contributed by atoms with E-state index in [1.165, 1.54) is 6.07 Å². The standard InChI is InChI=1S/C18H19F3N2O3S/c1-26-15-5-2-12(3-6-15)13-8-9-23(11-13)14-4-7-17(27(22,24)25)16(10-14)18(19,20)21/h2-7,10,13H,8-9,11H2,1H3,(H2,22,24,25). The molecule has 3 rings (SSSR count). The highest BCUT2D eigenvalue weighted by Crippen LogP contribution is 2.38. The van der Waals surface area contributed by atoms with E-state index in [4.69, 9.17) is 9.88 Å². The summed E-state index contributed by atoms with van der Waals surface area (Å²) in [4.78, 5) is 0.904. The normalized spacial score (nSPS) is 18.0. The molecule has 1 heterocycles. The van der Waals surface area contributed by atoms with Gasteiger partial charge in [0.2, 0.25) is 10.0 Å². The van der Waals surface area contributed by atoms with Gasteiger partial charge < -0.3 is 9.64 Å². The first-order valence-electron chi connectivity index (χ1n) is 8.22. The maximum Gasteiger partial charge on any atom is 0.417 e. The number of rotatable bonds is 4. The number of halogens is 3. The number of hydrogen-bond donors (Lipinski definition) is 1. The Hall–Kier alpha value is -2.26. The minimum Gasteiger partial charge on any atom is -0.497 e. The van der Waals surface area contributed by atoms with Gasteiger partial charge in [-0.05, 0) is 42.3 Å². The van der Waals surface area contributed by atoms with E-state index in [0.29, 0.717) is 18.8 Å². The number of nitrogens with zero attached hydrogens (tertiary/aromatic N) is 1. The Morgan fingerprint density at radius 2 is 1.81 bits per heavy atom. The van der Waals surface area contributed by atoms with Crippen molar-refractivity contribution >= 4 is 15.7 Å². The summed E-state index contributed by atoms with van der Waals surface area (Å²) >= 11 is 0. The molecule has 0 aromatic heterocycles. The van der Waals surface area contributed by atoms with E-state index >= 15 is 0 Å². The van der Waals surface area contributed by atoms with Gasteiger partial charge in [-0.1, -0.05) is 12.1 Å². The Bertz CT molecular complexity index is 928. The molecule has 5 nitrogen and oxygen atoms in total. The molecular formula is C18H19F3N2O3S. The Labute approximate surface area is 155 Å². The third kappa shape index (κ3) is 4.19. The largest absolute Gasteiger partial charge is 0.497 e. The second kappa shape index (κ2) is 7.05. The topological polar surface area (TPSA) is 72.6 Å². The third-order valence-corrected chi connectivity index (χ3v) is 5.68. The van der Waals surface area contributed by atoms with Crippen LogP contribution in [0.4, 0.5) is 18.9 Å². The summed E-state index contributed by atoms with van der Waals surface area (Å²) < 4.78 is 68.0. The van der Waals surface area contributed by atoms with Gasteiger partial charge in [-0.3, -0.25) is 0 Å². The molecule has 2 aromatic rings. The van der Waals surface area contributed by atoms with Gasteiger partial charge in [-0.2, -0.15) is 13.2 Å². The molecule has 0 bridgehead atoms. The van der Waals surface area contributed by atoms with Crippen molar-refractivity contribution in [3.8, 4) is 5.75 Å². The van der Waals surface area contributed by atoms with Gasteiger partial charge in [0.25, 0.3) is 0 Å². The molecule has 9 heteroatoms. The number of nitrogens with two attached hydrogens (primary N) is 1. The number of primary sulfonamides is 1. The molecule has 0 saturated carbocycles. The monoisotopic (exact) mass is 400 g/mol. The lowest BCUT2D eigenvalue weighted by Gasteiger charge is -2.21. The molecule has 1 unspecified atom stereocenters. The zero-order valence-electron chi connectivity index (χ0n) is 14.5. The summed E-state index contributed by atoms with van der Waals surface area (Å²) in [6.45, 7) is 1.11. The van der Waals surface area contributed by atoms with Crippen LogP contribution in [0.1, 0.15) is 23.5 Å². The number of benzene rings is 2. The van der Waals surface area contributed by atoms with Crippen molar-refractivity contribution in [2.75, 3.05) is 25.1 Å². The van der Waals surface area contributed by atoms with E-state index < -0.39 is 26.7 Å². The van der Waals surface area contributed by atoms with E-state index in [-0.39, 0.29) is 5.92 Å². The number of alkyl halides is 3.